The van der Waals surface area contributed by atoms with Crippen LogP contribution in [-0.4, -0.2) is 11.7 Å². The maximum absolute atomic E-state index is 13.1. The van der Waals surface area contributed by atoms with Crippen LogP contribution in [0.3, 0.4) is 0 Å². The summed E-state index contributed by atoms with van der Waals surface area (Å²) in [5.74, 6) is -0.175. The number of benzene rings is 2. The molecule has 0 N–H and O–H groups in total. The van der Waals surface area contributed by atoms with Gasteiger partial charge in [0.1, 0.15) is 0 Å². The Balaban J connectivity index is 1.85. The molecule has 0 spiro atoms. The molecule has 138 valence electrons. The number of hydrogen-bond acceptors (Lipinski definition) is 2. The summed E-state index contributed by atoms with van der Waals surface area (Å²) in [5.41, 5.74) is 3.21. The van der Waals surface area contributed by atoms with Gasteiger partial charge in [0.2, 0.25) is 5.91 Å². The van der Waals surface area contributed by atoms with E-state index in [1.807, 2.05) is 30.3 Å². The number of ketones is 1. The Morgan fingerprint density at radius 3 is 2.41 bits per heavy atom. The lowest BCUT2D eigenvalue weighted by Gasteiger charge is -2.38. The van der Waals surface area contributed by atoms with Crippen LogP contribution in [0.4, 0.5) is 5.69 Å². The van der Waals surface area contributed by atoms with Gasteiger partial charge in [-0.2, -0.15) is 0 Å². The molecule has 1 aliphatic heterocycles. The monoisotopic (exact) mass is 463 g/mol. The smallest absolute Gasteiger partial charge is 0.232 e. The molecule has 0 aromatic heterocycles. The molecular weight excluding hydrogens is 449 g/mol. The van der Waals surface area contributed by atoms with Gasteiger partial charge >= 0.3 is 0 Å². The number of carbonyl (C=O) groups is 2. The van der Waals surface area contributed by atoms with Gasteiger partial charge in [0.05, 0.1) is 10.0 Å². The number of rotatable bonds is 2. The van der Waals surface area contributed by atoms with E-state index in [4.69, 9.17) is 23.2 Å². The number of allylic oxidation sites excluding steroid dienone is 2. The van der Waals surface area contributed by atoms with Gasteiger partial charge in [-0.1, -0.05) is 45.2 Å². The molecule has 2 aromatic rings. The molecule has 0 radical (unpaired) electrons. The number of Topliss-reactive ketones (excluding diaryl/α,β-unsaturated/α-hetero) is 1. The predicted octanol–water partition coefficient (Wildman–Crippen LogP) is 6.28. The van der Waals surface area contributed by atoms with E-state index < -0.39 is 0 Å². The van der Waals surface area contributed by atoms with Crippen molar-refractivity contribution in [2.45, 2.75) is 31.6 Å². The lowest BCUT2D eigenvalue weighted by molar-refractivity contribution is -0.119. The van der Waals surface area contributed by atoms with Crippen molar-refractivity contribution >= 4 is 56.5 Å². The Morgan fingerprint density at radius 2 is 1.70 bits per heavy atom. The molecule has 2 aliphatic rings. The molecule has 0 saturated heterocycles. The van der Waals surface area contributed by atoms with E-state index in [1.165, 1.54) is 0 Å². The van der Waals surface area contributed by atoms with Crippen molar-refractivity contribution in [1.29, 1.82) is 0 Å². The van der Waals surface area contributed by atoms with Gasteiger partial charge in [0, 0.05) is 40.2 Å². The summed E-state index contributed by atoms with van der Waals surface area (Å²) >= 11 is 15.7. The van der Waals surface area contributed by atoms with E-state index >= 15 is 0 Å². The van der Waals surface area contributed by atoms with Crippen molar-refractivity contribution in [3.63, 3.8) is 0 Å². The predicted molar refractivity (Wildman–Crippen MR) is 111 cm³/mol. The Labute approximate surface area is 176 Å². The highest BCUT2D eigenvalue weighted by Gasteiger charge is 2.39. The second kappa shape index (κ2) is 7.42. The number of anilines is 1. The summed E-state index contributed by atoms with van der Waals surface area (Å²) < 4.78 is 0.943. The molecule has 3 nitrogen and oxygen atoms in total. The van der Waals surface area contributed by atoms with Crippen LogP contribution in [0.2, 0.25) is 10.0 Å². The third-order valence-corrected chi connectivity index (χ3v) is 6.37. The summed E-state index contributed by atoms with van der Waals surface area (Å²) in [6, 6.07) is 12.9. The zero-order valence-electron chi connectivity index (χ0n) is 14.3. The van der Waals surface area contributed by atoms with Gasteiger partial charge in [0.15, 0.2) is 5.78 Å². The van der Waals surface area contributed by atoms with E-state index in [-0.39, 0.29) is 24.0 Å². The zero-order valence-corrected chi connectivity index (χ0v) is 17.4. The standard InChI is InChI=1S/C21H16BrCl2NO2/c22-13-5-7-14(8-6-13)25-18-2-1-3-19(26)21(18)15(11-20(25)27)12-4-9-16(23)17(24)10-12/h4-10,15H,1-3,11H2. The summed E-state index contributed by atoms with van der Waals surface area (Å²) in [6.45, 7) is 0. The van der Waals surface area contributed by atoms with Crippen LogP contribution >= 0.6 is 39.1 Å². The second-order valence-electron chi connectivity index (χ2n) is 6.77. The van der Waals surface area contributed by atoms with Crippen molar-refractivity contribution in [3.8, 4) is 0 Å². The van der Waals surface area contributed by atoms with Crippen LogP contribution < -0.4 is 4.90 Å². The topological polar surface area (TPSA) is 37.4 Å². The SMILES string of the molecule is O=C1CCCC2=C1C(c1ccc(Cl)c(Cl)c1)CC(=O)N2c1ccc(Br)cc1. The quantitative estimate of drug-likeness (QED) is 0.524. The van der Waals surface area contributed by atoms with E-state index in [0.29, 0.717) is 22.9 Å². The first-order valence-electron chi connectivity index (χ1n) is 8.75. The van der Waals surface area contributed by atoms with Crippen LogP contribution in [0.25, 0.3) is 0 Å². The Hall–Kier alpha value is -1.62. The zero-order chi connectivity index (χ0) is 19.1. The van der Waals surface area contributed by atoms with Crippen LogP contribution in [0.1, 0.15) is 37.2 Å². The minimum Gasteiger partial charge on any atom is -0.294 e. The van der Waals surface area contributed by atoms with Crippen LogP contribution in [0.5, 0.6) is 0 Å². The Bertz CT molecular complexity index is 969. The lowest BCUT2D eigenvalue weighted by Crippen LogP contribution is -2.40. The van der Waals surface area contributed by atoms with E-state index in [9.17, 15) is 9.59 Å². The van der Waals surface area contributed by atoms with Gasteiger partial charge in [-0.25, -0.2) is 0 Å². The van der Waals surface area contributed by atoms with Crippen molar-refractivity contribution in [1.82, 2.24) is 0 Å². The fraction of sp³-hybridized carbons (Fsp3) is 0.238. The fourth-order valence-corrected chi connectivity index (χ4v) is 4.47. The van der Waals surface area contributed by atoms with Crippen LogP contribution in [0.15, 0.2) is 58.2 Å². The van der Waals surface area contributed by atoms with Gasteiger partial charge < -0.3 is 0 Å². The highest BCUT2D eigenvalue weighted by molar-refractivity contribution is 9.10. The van der Waals surface area contributed by atoms with Crippen molar-refractivity contribution < 1.29 is 9.59 Å². The molecule has 6 heteroatoms. The van der Waals surface area contributed by atoms with E-state index in [2.05, 4.69) is 15.9 Å². The maximum atomic E-state index is 13.1. The largest absolute Gasteiger partial charge is 0.294 e. The maximum Gasteiger partial charge on any atom is 0.232 e. The number of hydrogen-bond donors (Lipinski definition) is 0. The third kappa shape index (κ3) is 3.46. The highest BCUT2D eigenvalue weighted by atomic mass is 79.9. The Morgan fingerprint density at radius 1 is 0.963 bits per heavy atom. The molecule has 1 heterocycles. The van der Waals surface area contributed by atoms with Crippen molar-refractivity contribution in [2.24, 2.45) is 0 Å². The molecule has 1 atom stereocenters. The van der Waals surface area contributed by atoms with E-state index in [0.717, 1.165) is 33.4 Å². The molecule has 2 aromatic carbocycles. The summed E-state index contributed by atoms with van der Waals surface area (Å²) in [7, 11) is 0. The number of amides is 1. The first kappa shape index (κ1) is 18.7. The molecule has 27 heavy (non-hydrogen) atoms. The molecule has 4 rings (SSSR count). The number of carbonyl (C=O) groups excluding carboxylic acids is 2. The first-order valence-corrected chi connectivity index (χ1v) is 10.3. The Kier molecular flexibility index (Phi) is 5.15. The highest BCUT2D eigenvalue weighted by Crippen LogP contribution is 2.44. The average Bonchev–Trinajstić information content (AvgIpc) is 2.64. The number of halogens is 3. The van der Waals surface area contributed by atoms with Crippen molar-refractivity contribution in [2.75, 3.05) is 4.90 Å². The molecule has 0 fully saturated rings. The van der Waals surface area contributed by atoms with Gasteiger partial charge in [-0.15, -0.1) is 0 Å². The number of nitrogens with zero attached hydrogens (tertiary/aromatic N) is 1. The van der Waals surface area contributed by atoms with Gasteiger partial charge in [-0.3, -0.25) is 14.5 Å². The molecule has 1 amide bonds. The molecular formula is C21H16BrCl2NO2. The minimum atomic E-state index is -0.276. The minimum absolute atomic E-state index is 0.0122. The van der Waals surface area contributed by atoms with Gasteiger partial charge in [-0.05, 0) is 54.8 Å². The first-order chi connectivity index (χ1) is 13.0. The molecule has 0 bridgehead atoms. The third-order valence-electron chi connectivity index (χ3n) is 5.11. The van der Waals surface area contributed by atoms with Crippen LogP contribution in [0, 0.1) is 0 Å². The fourth-order valence-electron chi connectivity index (χ4n) is 3.90. The second-order valence-corrected chi connectivity index (χ2v) is 8.50. The van der Waals surface area contributed by atoms with Crippen molar-refractivity contribution in [3.05, 3.63) is 73.8 Å². The normalized spacial score (nSPS) is 20.1. The lowest BCUT2D eigenvalue weighted by atomic mass is 9.77. The molecule has 1 unspecified atom stereocenters. The molecule has 1 aliphatic carbocycles. The van der Waals surface area contributed by atoms with Crippen LogP contribution in [-0.2, 0) is 9.59 Å². The summed E-state index contributed by atoms with van der Waals surface area (Å²) in [6.07, 6.45) is 2.21. The van der Waals surface area contributed by atoms with Gasteiger partial charge in [0.25, 0.3) is 0 Å². The van der Waals surface area contributed by atoms with E-state index in [1.54, 1.807) is 17.0 Å². The summed E-state index contributed by atoms with van der Waals surface area (Å²) in [4.78, 5) is 27.6. The summed E-state index contributed by atoms with van der Waals surface area (Å²) in [5, 5.41) is 0.894. The average molecular weight is 465 g/mol. The molecule has 0 saturated carbocycles.